The third kappa shape index (κ3) is 2.27. The Morgan fingerprint density at radius 2 is 2.38 bits per heavy atom. The van der Waals surface area contributed by atoms with Crippen LogP contribution in [0.2, 0.25) is 0 Å². The van der Waals surface area contributed by atoms with Crippen molar-refractivity contribution in [3.05, 3.63) is 10.8 Å². The van der Waals surface area contributed by atoms with Crippen LogP contribution in [0.3, 0.4) is 0 Å². The summed E-state index contributed by atoms with van der Waals surface area (Å²) in [4.78, 5) is 10.5. The number of β-amino-alcohol motifs (C(OH)–C–C–N with tert-alkyl or cyclic N) is 1. The van der Waals surface area contributed by atoms with Gasteiger partial charge in [-0.25, -0.2) is 9.97 Å². The lowest BCUT2D eigenvalue weighted by molar-refractivity contribution is 0.154. The number of hydrogen-bond acceptors (Lipinski definition) is 5. The van der Waals surface area contributed by atoms with Gasteiger partial charge in [0.25, 0.3) is 0 Å². The van der Waals surface area contributed by atoms with Gasteiger partial charge < -0.3 is 15.3 Å². The highest BCUT2D eigenvalue weighted by atomic mass is 79.9. The van der Waals surface area contributed by atoms with E-state index >= 15 is 0 Å². The minimum Gasteiger partial charge on any atom is -0.391 e. The molecule has 0 radical (unpaired) electrons. The molecule has 0 aliphatic carbocycles. The van der Waals surface area contributed by atoms with Crippen LogP contribution in [0.1, 0.15) is 12.8 Å². The van der Waals surface area contributed by atoms with Crippen molar-refractivity contribution in [2.24, 2.45) is 0 Å². The predicted molar refractivity (Wildman–Crippen MR) is 66.7 cm³/mol. The van der Waals surface area contributed by atoms with Crippen molar-refractivity contribution in [1.82, 2.24) is 9.97 Å². The molecule has 5 nitrogen and oxygen atoms in total. The SMILES string of the molecule is CNc1ncnc(N2CCCC(O)C2)c1Br. The lowest BCUT2D eigenvalue weighted by Crippen LogP contribution is -2.39. The Hall–Kier alpha value is -0.880. The molecular formula is C10H15BrN4O. The number of nitrogens with one attached hydrogen (secondary N) is 1. The van der Waals surface area contributed by atoms with E-state index in [1.165, 1.54) is 6.33 Å². The van der Waals surface area contributed by atoms with Crippen LogP contribution >= 0.6 is 15.9 Å². The van der Waals surface area contributed by atoms with Crippen molar-refractivity contribution in [2.45, 2.75) is 18.9 Å². The zero-order chi connectivity index (χ0) is 11.5. The Balaban J connectivity index is 2.25. The van der Waals surface area contributed by atoms with Gasteiger partial charge in [0.15, 0.2) is 0 Å². The van der Waals surface area contributed by atoms with Crippen molar-refractivity contribution < 1.29 is 5.11 Å². The van der Waals surface area contributed by atoms with Crippen LogP contribution in [0, 0.1) is 0 Å². The fourth-order valence-electron chi connectivity index (χ4n) is 1.90. The number of hydrogen-bond donors (Lipinski definition) is 2. The summed E-state index contributed by atoms with van der Waals surface area (Å²) < 4.78 is 0.853. The van der Waals surface area contributed by atoms with Crippen LogP contribution in [-0.4, -0.2) is 41.3 Å². The van der Waals surface area contributed by atoms with E-state index in [1.807, 2.05) is 7.05 Å². The van der Waals surface area contributed by atoms with Gasteiger partial charge in [-0.3, -0.25) is 0 Å². The van der Waals surface area contributed by atoms with Gasteiger partial charge in [-0.1, -0.05) is 0 Å². The summed E-state index contributed by atoms with van der Waals surface area (Å²) in [6.07, 6.45) is 3.14. The van der Waals surface area contributed by atoms with Gasteiger partial charge in [-0.15, -0.1) is 0 Å². The van der Waals surface area contributed by atoms with Crippen LogP contribution in [0.15, 0.2) is 10.8 Å². The van der Waals surface area contributed by atoms with Gasteiger partial charge in [-0.2, -0.15) is 0 Å². The third-order valence-electron chi connectivity index (χ3n) is 2.70. The van der Waals surface area contributed by atoms with Crippen molar-refractivity contribution >= 4 is 27.6 Å². The molecule has 0 aromatic carbocycles. The summed E-state index contributed by atoms with van der Waals surface area (Å²) in [7, 11) is 1.82. The first-order valence-electron chi connectivity index (χ1n) is 5.33. The standard InChI is InChI=1S/C10H15BrN4O/c1-12-9-8(11)10(14-6-13-9)15-4-2-3-7(16)5-15/h6-7,16H,2-5H2,1H3,(H,12,13,14). The average molecular weight is 287 g/mol. The fraction of sp³-hybridized carbons (Fsp3) is 0.600. The summed E-state index contributed by atoms with van der Waals surface area (Å²) in [6.45, 7) is 1.56. The summed E-state index contributed by atoms with van der Waals surface area (Å²) >= 11 is 3.49. The van der Waals surface area contributed by atoms with E-state index in [0.717, 1.165) is 35.5 Å². The molecular weight excluding hydrogens is 272 g/mol. The summed E-state index contributed by atoms with van der Waals surface area (Å²) in [5.74, 6) is 1.61. The maximum atomic E-state index is 9.64. The van der Waals surface area contributed by atoms with E-state index < -0.39 is 0 Å². The van der Waals surface area contributed by atoms with E-state index in [2.05, 4.69) is 36.1 Å². The Morgan fingerprint density at radius 1 is 1.56 bits per heavy atom. The fourth-order valence-corrected chi connectivity index (χ4v) is 2.56. The predicted octanol–water partition coefficient (Wildman–Crippen LogP) is 1.24. The quantitative estimate of drug-likeness (QED) is 0.857. The smallest absolute Gasteiger partial charge is 0.148 e. The van der Waals surface area contributed by atoms with Crippen LogP contribution < -0.4 is 10.2 Å². The molecule has 2 rings (SSSR count). The van der Waals surface area contributed by atoms with Gasteiger partial charge in [0.1, 0.15) is 22.4 Å². The molecule has 0 amide bonds. The number of aliphatic hydroxyl groups excluding tert-OH is 1. The minimum atomic E-state index is -0.256. The van der Waals surface area contributed by atoms with Gasteiger partial charge >= 0.3 is 0 Å². The largest absolute Gasteiger partial charge is 0.391 e. The minimum absolute atomic E-state index is 0.256. The molecule has 0 saturated carbocycles. The van der Waals surface area contributed by atoms with Crippen LogP contribution in [0.5, 0.6) is 0 Å². The van der Waals surface area contributed by atoms with Crippen LogP contribution in [0.25, 0.3) is 0 Å². The van der Waals surface area contributed by atoms with Gasteiger partial charge in [0.05, 0.1) is 6.10 Å². The number of rotatable bonds is 2. The second-order valence-electron chi connectivity index (χ2n) is 3.85. The summed E-state index contributed by atoms with van der Waals surface area (Å²) in [5, 5.41) is 12.6. The molecule has 88 valence electrons. The molecule has 2 N–H and O–H groups in total. The van der Waals surface area contributed by atoms with Gasteiger partial charge in [-0.05, 0) is 28.8 Å². The summed E-state index contributed by atoms with van der Waals surface area (Å²) in [6, 6.07) is 0. The highest BCUT2D eigenvalue weighted by molar-refractivity contribution is 9.10. The molecule has 0 spiro atoms. The van der Waals surface area contributed by atoms with Crippen molar-refractivity contribution in [2.75, 3.05) is 30.4 Å². The molecule has 2 heterocycles. The number of piperidine rings is 1. The molecule has 1 aliphatic heterocycles. The van der Waals surface area contributed by atoms with Crippen LogP contribution in [-0.2, 0) is 0 Å². The molecule has 0 bridgehead atoms. The highest BCUT2D eigenvalue weighted by Gasteiger charge is 2.21. The Kier molecular flexibility index (Phi) is 3.60. The maximum Gasteiger partial charge on any atom is 0.148 e. The molecule has 1 fully saturated rings. The first-order chi connectivity index (χ1) is 7.72. The number of aliphatic hydroxyl groups is 1. The van der Waals surface area contributed by atoms with E-state index in [4.69, 9.17) is 0 Å². The molecule has 16 heavy (non-hydrogen) atoms. The Labute approximate surface area is 103 Å². The normalized spacial score (nSPS) is 20.9. The molecule has 6 heteroatoms. The molecule has 1 saturated heterocycles. The van der Waals surface area contributed by atoms with Crippen LogP contribution in [0.4, 0.5) is 11.6 Å². The topological polar surface area (TPSA) is 61.3 Å². The van der Waals surface area contributed by atoms with E-state index in [1.54, 1.807) is 0 Å². The Bertz CT molecular complexity index is 374. The first kappa shape index (κ1) is 11.6. The summed E-state index contributed by atoms with van der Waals surface area (Å²) in [5.41, 5.74) is 0. The zero-order valence-corrected chi connectivity index (χ0v) is 10.7. The average Bonchev–Trinajstić information content (AvgIpc) is 2.29. The van der Waals surface area contributed by atoms with Crippen molar-refractivity contribution in [1.29, 1.82) is 0 Å². The molecule has 1 aromatic rings. The second-order valence-corrected chi connectivity index (χ2v) is 4.64. The monoisotopic (exact) mass is 286 g/mol. The van der Waals surface area contributed by atoms with Crippen molar-refractivity contribution in [3.8, 4) is 0 Å². The molecule has 1 unspecified atom stereocenters. The first-order valence-corrected chi connectivity index (χ1v) is 6.13. The number of nitrogens with zero attached hydrogens (tertiary/aromatic N) is 3. The van der Waals surface area contributed by atoms with E-state index in [0.29, 0.717) is 6.54 Å². The third-order valence-corrected chi connectivity index (χ3v) is 3.43. The lowest BCUT2D eigenvalue weighted by Gasteiger charge is -2.31. The van der Waals surface area contributed by atoms with E-state index in [-0.39, 0.29) is 6.10 Å². The molecule has 1 atom stereocenters. The Morgan fingerprint density at radius 3 is 3.06 bits per heavy atom. The van der Waals surface area contributed by atoms with Gasteiger partial charge in [0.2, 0.25) is 0 Å². The number of anilines is 2. The van der Waals surface area contributed by atoms with E-state index in [9.17, 15) is 5.11 Å². The zero-order valence-electron chi connectivity index (χ0n) is 9.15. The molecule has 1 aliphatic rings. The molecule has 1 aromatic heterocycles. The van der Waals surface area contributed by atoms with Crippen molar-refractivity contribution in [3.63, 3.8) is 0 Å². The highest BCUT2D eigenvalue weighted by Crippen LogP contribution is 2.30. The lowest BCUT2D eigenvalue weighted by atomic mass is 10.1. The maximum absolute atomic E-state index is 9.64. The second kappa shape index (κ2) is 4.97. The number of aromatic nitrogens is 2. The van der Waals surface area contributed by atoms with Gasteiger partial charge in [0, 0.05) is 20.1 Å². The number of halogens is 1.